The first kappa shape index (κ1) is 35.8. The molecule has 9 heteroatoms. The number of para-hydroxylation sites is 6. The fourth-order valence-corrected chi connectivity index (χ4v) is 9.16. The number of nitrogens with zero attached hydrogens (tertiary/aromatic N) is 8. The first-order valence-electron chi connectivity index (χ1n) is 21.2. The normalized spacial score (nSPS) is 12.2. The molecule has 0 unspecified atom stereocenters. The Morgan fingerprint density at radius 1 is 0.344 bits per heavy atom. The smallest absolute Gasteiger partial charge is 0.238 e. The molecule has 1 aliphatic rings. The highest BCUT2D eigenvalue weighted by molar-refractivity contribution is 6.23. The number of benzene rings is 8. The molecule has 0 saturated heterocycles. The van der Waals surface area contributed by atoms with Gasteiger partial charge >= 0.3 is 0 Å². The lowest BCUT2D eigenvalue weighted by molar-refractivity contribution is 0.476. The van der Waals surface area contributed by atoms with Crippen molar-refractivity contribution in [3.63, 3.8) is 0 Å². The molecule has 0 N–H and O–H groups in total. The third kappa shape index (κ3) is 5.61. The second kappa shape index (κ2) is 14.3. The van der Waals surface area contributed by atoms with Crippen LogP contribution in [0.4, 0.5) is 17.2 Å². The molecule has 300 valence electrons. The molecule has 64 heavy (non-hydrogen) atoms. The summed E-state index contributed by atoms with van der Waals surface area (Å²) in [5.74, 6) is 4.36. The summed E-state index contributed by atoms with van der Waals surface area (Å²) in [6.07, 6.45) is 0. The van der Waals surface area contributed by atoms with Crippen molar-refractivity contribution < 1.29 is 4.74 Å². The van der Waals surface area contributed by atoms with Crippen LogP contribution in [0.2, 0.25) is 0 Å². The van der Waals surface area contributed by atoms with Crippen LogP contribution in [0.5, 0.6) is 11.5 Å². The van der Waals surface area contributed by atoms with Crippen LogP contribution in [-0.4, -0.2) is 34.1 Å². The van der Waals surface area contributed by atoms with E-state index in [1.165, 1.54) is 0 Å². The summed E-state index contributed by atoms with van der Waals surface area (Å²) >= 11 is 0. The molecular weight excluding hydrogens is 789 g/mol. The highest BCUT2D eigenvalue weighted by Crippen LogP contribution is 2.50. The van der Waals surface area contributed by atoms with E-state index in [9.17, 15) is 0 Å². The Labute approximate surface area is 366 Å². The minimum Gasteiger partial charge on any atom is -0.453 e. The van der Waals surface area contributed by atoms with Crippen LogP contribution in [0.1, 0.15) is 0 Å². The molecule has 0 amide bonds. The third-order valence-corrected chi connectivity index (χ3v) is 12.0. The molecule has 0 bridgehead atoms. The van der Waals surface area contributed by atoms with Gasteiger partial charge in [0, 0.05) is 44.3 Å². The van der Waals surface area contributed by atoms with Crippen molar-refractivity contribution in [1.82, 2.24) is 34.1 Å². The van der Waals surface area contributed by atoms with Crippen molar-refractivity contribution in [3.05, 3.63) is 206 Å². The van der Waals surface area contributed by atoms with Gasteiger partial charge in [0.2, 0.25) is 11.9 Å². The van der Waals surface area contributed by atoms with Gasteiger partial charge in [0.15, 0.2) is 23.1 Å². The zero-order valence-electron chi connectivity index (χ0n) is 34.1. The molecule has 0 fully saturated rings. The Balaban J connectivity index is 1.16. The zero-order valence-corrected chi connectivity index (χ0v) is 34.1. The van der Waals surface area contributed by atoms with Crippen molar-refractivity contribution in [3.8, 4) is 57.4 Å². The van der Waals surface area contributed by atoms with Gasteiger partial charge in [0.05, 0.1) is 39.1 Å². The van der Waals surface area contributed by atoms with Crippen LogP contribution >= 0.6 is 0 Å². The minimum atomic E-state index is 0.504. The van der Waals surface area contributed by atoms with Gasteiger partial charge in [-0.2, -0.15) is 15.0 Å². The minimum absolute atomic E-state index is 0.504. The van der Waals surface area contributed by atoms with E-state index in [4.69, 9.17) is 29.7 Å². The SMILES string of the molecule is c1ccc(-c2cc(N3c4ccccc4Oc4ccccc43)nc(-n3c4ccccc4c4ccc5c6ccccc6n(-c6nc(-c7ccccc7)nc(-c7ccccc7)n6)c5c43)n2)cc1. The first-order chi connectivity index (χ1) is 31.7. The number of anilines is 3. The molecule has 0 saturated carbocycles. The monoisotopic (exact) mass is 822 g/mol. The second-order valence-corrected chi connectivity index (χ2v) is 15.7. The van der Waals surface area contributed by atoms with E-state index < -0.39 is 0 Å². The predicted molar refractivity (Wildman–Crippen MR) is 255 cm³/mol. The Bertz CT molecular complexity index is 3670. The van der Waals surface area contributed by atoms with E-state index in [2.05, 4.69) is 105 Å². The van der Waals surface area contributed by atoms with Crippen LogP contribution in [0, 0.1) is 0 Å². The van der Waals surface area contributed by atoms with Crippen LogP contribution in [0.15, 0.2) is 206 Å². The number of hydrogen-bond acceptors (Lipinski definition) is 7. The average molecular weight is 823 g/mol. The lowest BCUT2D eigenvalue weighted by atomic mass is 10.1. The topological polar surface area (TPSA) is 86.8 Å². The van der Waals surface area contributed by atoms with Crippen molar-refractivity contribution in [2.75, 3.05) is 4.90 Å². The van der Waals surface area contributed by atoms with Crippen LogP contribution in [0.25, 0.3) is 89.5 Å². The molecule has 4 aromatic heterocycles. The summed E-state index contributed by atoms with van der Waals surface area (Å²) < 4.78 is 10.9. The van der Waals surface area contributed by atoms with E-state index in [0.29, 0.717) is 29.4 Å². The Morgan fingerprint density at radius 2 is 0.781 bits per heavy atom. The zero-order chi connectivity index (χ0) is 42.1. The third-order valence-electron chi connectivity index (χ3n) is 12.0. The largest absolute Gasteiger partial charge is 0.453 e. The highest BCUT2D eigenvalue weighted by Gasteiger charge is 2.29. The molecule has 0 aliphatic carbocycles. The van der Waals surface area contributed by atoms with Crippen molar-refractivity contribution in [2.45, 2.75) is 0 Å². The standard InChI is InChI=1S/C55H34N8O/c1-4-18-35(19-5-1)42-34-49(61-45-28-14-16-30-47(45)64-48-31-17-15-29-46(48)61)57-54(56-42)62-43-26-12-10-24-38(43)40-32-33-41-39-25-11-13-27-44(39)63(51(41)50(40)62)55-59-52(36-20-6-2-7-21-36)58-53(60-55)37-22-8-3-9-23-37/h1-34H. The molecule has 13 rings (SSSR count). The molecule has 0 radical (unpaired) electrons. The van der Waals surface area contributed by atoms with Crippen molar-refractivity contribution in [2.24, 2.45) is 0 Å². The molecule has 1 aliphatic heterocycles. The van der Waals surface area contributed by atoms with Gasteiger partial charge in [0.1, 0.15) is 5.82 Å². The first-order valence-corrected chi connectivity index (χ1v) is 21.2. The Kier molecular flexibility index (Phi) is 8.01. The van der Waals surface area contributed by atoms with E-state index in [1.54, 1.807) is 0 Å². The molecule has 0 atom stereocenters. The van der Waals surface area contributed by atoms with Crippen LogP contribution in [0.3, 0.4) is 0 Å². The molecule has 8 aromatic carbocycles. The molecule has 5 heterocycles. The maximum absolute atomic E-state index is 6.46. The molecule has 9 nitrogen and oxygen atoms in total. The van der Waals surface area contributed by atoms with Crippen LogP contribution in [-0.2, 0) is 0 Å². The second-order valence-electron chi connectivity index (χ2n) is 15.7. The Morgan fingerprint density at radius 3 is 1.31 bits per heavy atom. The lowest BCUT2D eigenvalue weighted by Gasteiger charge is -2.32. The molecule has 12 aromatic rings. The number of rotatable bonds is 6. The summed E-state index contributed by atoms with van der Waals surface area (Å²) in [5.41, 5.74) is 9.08. The van der Waals surface area contributed by atoms with Gasteiger partial charge in [-0.3, -0.25) is 14.0 Å². The van der Waals surface area contributed by atoms with Gasteiger partial charge < -0.3 is 4.74 Å². The van der Waals surface area contributed by atoms with E-state index in [0.717, 1.165) is 88.9 Å². The van der Waals surface area contributed by atoms with Crippen molar-refractivity contribution >= 4 is 60.8 Å². The fourth-order valence-electron chi connectivity index (χ4n) is 9.16. The van der Waals surface area contributed by atoms with Crippen LogP contribution < -0.4 is 9.64 Å². The lowest BCUT2D eigenvalue weighted by Crippen LogP contribution is -2.18. The summed E-state index contributed by atoms with van der Waals surface area (Å²) in [6, 6.07) is 70.1. The van der Waals surface area contributed by atoms with Gasteiger partial charge in [-0.1, -0.05) is 164 Å². The van der Waals surface area contributed by atoms with Gasteiger partial charge in [-0.25, -0.2) is 9.97 Å². The van der Waals surface area contributed by atoms with E-state index in [-0.39, 0.29) is 0 Å². The van der Waals surface area contributed by atoms with Gasteiger partial charge in [-0.15, -0.1) is 0 Å². The Hall–Kier alpha value is -8.95. The fraction of sp³-hybridized carbons (Fsp3) is 0. The summed E-state index contributed by atoms with van der Waals surface area (Å²) in [5, 5.41) is 4.23. The predicted octanol–water partition coefficient (Wildman–Crippen LogP) is 13.4. The highest BCUT2D eigenvalue weighted by atomic mass is 16.5. The number of fused-ring (bicyclic) bond motifs is 9. The summed E-state index contributed by atoms with van der Waals surface area (Å²) in [7, 11) is 0. The van der Waals surface area contributed by atoms with E-state index in [1.807, 2.05) is 115 Å². The molecular formula is C55H34N8O. The maximum atomic E-state index is 6.46. The van der Waals surface area contributed by atoms with E-state index >= 15 is 0 Å². The van der Waals surface area contributed by atoms with Gasteiger partial charge in [0.25, 0.3) is 0 Å². The summed E-state index contributed by atoms with van der Waals surface area (Å²) in [6.45, 7) is 0. The number of ether oxygens (including phenoxy) is 1. The van der Waals surface area contributed by atoms with Crippen molar-refractivity contribution in [1.29, 1.82) is 0 Å². The number of hydrogen-bond donors (Lipinski definition) is 0. The van der Waals surface area contributed by atoms with Gasteiger partial charge in [-0.05, 0) is 36.4 Å². The summed E-state index contributed by atoms with van der Waals surface area (Å²) in [4.78, 5) is 28.8. The quantitative estimate of drug-likeness (QED) is 0.165. The number of aromatic nitrogens is 7. The average Bonchev–Trinajstić information content (AvgIpc) is 3.89. The maximum Gasteiger partial charge on any atom is 0.238 e. The molecule has 0 spiro atoms.